The molecule has 0 fully saturated rings. The third-order valence-electron chi connectivity index (χ3n) is 3.66. The number of nitrogens with zero attached hydrogens (tertiary/aromatic N) is 1. The van der Waals surface area contributed by atoms with Crippen molar-refractivity contribution in [3.05, 3.63) is 65.2 Å². The molecule has 0 heterocycles. The summed E-state index contributed by atoms with van der Waals surface area (Å²) in [5.41, 5.74) is 6.24. The fourth-order valence-corrected chi connectivity index (χ4v) is 2.10. The maximum atomic E-state index is 11.9. The molecule has 2 N–H and O–H groups in total. The lowest BCUT2D eigenvalue weighted by molar-refractivity contribution is -0.124. The SMILES string of the molecule is Cc1cccc(NC(=O)CCC(=O)NN=Cc2ccccc2)c1C. The Morgan fingerprint density at radius 1 is 0.958 bits per heavy atom. The maximum Gasteiger partial charge on any atom is 0.240 e. The summed E-state index contributed by atoms with van der Waals surface area (Å²) in [7, 11) is 0. The second-order valence-electron chi connectivity index (χ2n) is 5.50. The van der Waals surface area contributed by atoms with Gasteiger partial charge in [-0.25, -0.2) is 5.43 Å². The number of carbonyl (C=O) groups is 2. The number of hydrazone groups is 1. The first-order valence-electron chi connectivity index (χ1n) is 7.79. The summed E-state index contributed by atoms with van der Waals surface area (Å²) >= 11 is 0. The first kappa shape index (κ1) is 17.4. The molecule has 0 bridgehead atoms. The number of benzene rings is 2. The van der Waals surface area contributed by atoms with Crippen LogP contribution in [0, 0.1) is 13.8 Å². The number of carbonyl (C=O) groups excluding carboxylic acids is 2. The molecule has 5 heteroatoms. The van der Waals surface area contributed by atoms with E-state index < -0.39 is 0 Å². The molecule has 5 nitrogen and oxygen atoms in total. The summed E-state index contributed by atoms with van der Waals surface area (Å²) in [6, 6.07) is 15.2. The van der Waals surface area contributed by atoms with Crippen molar-refractivity contribution in [3.63, 3.8) is 0 Å². The predicted octanol–water partition coefficient (Wildman–Crippen LogP) is 3.17. The number of anilines is 1. The van der Waals surface area contributed by atoms with Crippen LogP contribution in [0.25, 0.3) is 0 Å². The van der Waals surface area contributed by atoms with E-state index in [-0.39, 0.29) is 24.7 Å². The van der Waals surface area contributed by atoms with Crippen LogP contribution < -0.4 is 10.7 Å². The fourth-order valence-electron chi connectivity index (χ4n) is 2.10. The van der Waals surface area contributed by atoms with Crippen molar-refractivity contribution in [3.8, 4) is 0 Å². The van der Waals surface area contributed by atoms with Crippen LogP contribution in [0.1, 0.15) is 29.5 Å². The quantitative estimate of drug-likeness (QED) is 0.633. The zero-order valence-corrected chi connectivity index (χ0v) is 13.9. The molecule has 2 aromatic carbocycles. The van der Waals surface area contributed by atoms with E-state index in [2.05, 4.69) is 15.8 Å². The zero-order valence-electron chi connectivity index (χ0n) is 13.9. The average molecular weight is 323 g/mol. The van der Waals surface area contributed by atoms with Crippen molar-refractivity contribution in [2.75, 3.05) is 5.32 Å². The first-order valence-corrected chi connectivity index (χ1v) is 7.79. The molecular formula is C19H21N3O2. The molecule has 0 aromatic heterocycles. The lowest BCUT2D eigenvalue weighted by atomic mass is 10.1. The minimum atomic E-state index is -0.293. The normalized spacial score (nSPS) is 10.6. The van der Waals surface area contributed by atoms with Crippen LogP contribution >= 0.6 is 0 Å². The third kappa shape index (κ3) is 5.35. The van der Waals surface area contributed by atoms with Crippen molar-refractivity contribution >= 4 is 23.7 Å². The molecule has 2 aromatic rings. The van der Waals surface area contributed by atoms with Crippen molar-refractivity contribution in [1.82, 2.24) is 5.43 Å². The highest BCUT2D eigenvalue weighted by Crippen LogP contribution is 2.18. The second-order valence-corrected chi connectivity index (χ2v) is 5.50. The van der Waals surface area contributed by atoms with Crippen LogP contribution in [0.15, 0.2) is 53.6 Å². The van der Waals surface area contributed by atoms with Gasteiger partial charge in [0.2, 0.25) is 11.8 Å². The minimum absolute atomic E-state index is 0.0861. The summed E-state index contributed by atoms with van der Waals surface area (Å²) < 4.78 is 0. The van der Waals surface area contributed by atoms with Crippen LogP contribution in [0.3, 0.4) is 0 Å². The van der Waals surface area contributed by atoms with Gasteiger partial charge in [-0.15, -0.1) is 0 Å². The molecule has 0 aliphatic heterocycles. The van der Waals surface area contributed by atoms with E-state index in [1.54, 1.807) is 6.21 Å². The number of amides is 2. The van der Waals surface area contributed by atoms with Gasteiger partial charge in [0.25, 0.3) is 0 Å². The van der Waals surface area contributed by atoms with Crippen molar-refractivity contribution < 1.29 is 9.59 Å². The van der Waals surface area contributed by atoms with Gasteiger partial charge in [-0.05, 0) is 36.6 Å². The Bertz CT molecular complexity index is 740. The zero-order chi connectivity index (χ0) is 17.4. The van der Waals surface area contributed by atoms with E-state index in [1.165, 1.54) is 0 Å². The van der Waals surface area contributed by atoms with Gasteiger partial charge in [0.15, 0.2) is 0 Å². The van der Waals surface area contributed by atoms with Gasteiger partial charge in [0, 0.05) is 18.5 Å². The molecule has 0 atom stereocenters. The highest BCUT2D eigenvalue weighted by atomic mass is 16.2. The van der Waals surface area contributed by atoms with E-state index in [1.807, 2.05) is 62.4 Å². The Morgan fingerprint density at radius 3 is 2.42 bits per heavy atom. The van der Waals surface area contributed by atoms with E-state index in [0.717, 1.165) is 22.4 Å². The molecule has 24 heavy (non-hydrogen) atoms. The van der Waals surface area contributed by atoms with Gasteiger partial charge in [-0.1, -0.05) is 42.5 Å². The lowest BCUT2D eigenvalue weighted by Crippen LogP contribution is -2.21. The van der Waals surface area contributed by atoms with Crippen LogP contribution in [0.2, 0.25) is 0 Å². The highest BCUT2D eigenvalue weighted by molar-refractivity contribution is 5.94. The Kier molecular flexibility index (Phi) is 6.25. The number of hydrogen-bond donors (Lipinski definition) is 2. The Hall–Kier alpha value is -2.95. The number of hydrogen-bond acceptors (Lipinski definition) is 3. The van der Waals surface area contributed by atoms with Gasteiger partial charge in [-0.3, -0.25) is 9.59 Å². The molecule has 0 saturated carbocycles. The van der Waals surface area contributed by atoms with Crippen LogP contribution in [-0.2, 0) is 9.59 Å². The van der Waals surface area contributed by atoms with Gasteiger partial charge in [0.1, 0.15) is 0 Å². The molecule has 0 saturated heterocycles. The summed E-state index contributed by atoms with van der Waals surface area (Å²) in [5.74, 6) is -0.482. The summed E-state index contributed by atoms with van der Waals surface area (Å²) in [4.78, 5) is 23.7. The predicted molar refractivity (Wildman–Crippen MR) is 96.0 cm³/mol. The maximum absolute atomic E-state index is 11.9. The van der Waals surface area contributed by atoms with Gasteiger partial charge >= 0.3 is 0 Å². The standard InChI is InChI=1S/C19H21N3O2/c1-14-7-6-10-17(15(14)2)21-18(23)11-12-19(24)22-20-13-16-8-4-3-5-9-16/h3-10,13H,11-12H2,1-2H3,(H,21,23)(H,22,24). The van der Waals surface area contributed by atoms with Crippen LogP contribution in [0.4, 0.5) is 5.69 Å². The van der Waals surface area contributed by atoms with Crippen molar-refractivity contribution in [2.45, 2.75) is 26.7 Å². The third-order valence-corrected chi connectivity index (χ3v) is 3.66. The highest BCUT2D eigenvalue weighted by Gasteiger charge is 2.08. The number of rotatable bonds is 6. The number of aryl methyl sites for hydroxylation is 1. The summed E-state index contributed by atoms with van der Waals surface area (Å²) in [5, 5.41) is 6.70. The molecule has 0 aliphatic carbocycles. The van der Waals surface area contributed by atoms with E-state index in [0.29, 0.717) is 0 Å². The molecule has 0 aliphatic rings. The number of nitrogens with one attached hydrogen (secondary N) is 2. The minimum Gasteiger partial charge on any atom is -0.326 e. The smallest absolute Gasteiger partial charge is 0.240 e. The largest absolute Gasteiger partial charge is 0.326 e. The van der Waals surface area contributed by atoms with Gasteiger partial charge in [0.05, 0.1) is 6.21 Å². The first-order chi connectivity index (χ1) is 11.6. The van der Waals surface area contributed by atoms with E-state index in [9.17, 15) is 9.59 Å². The fraction of sp³-hybridized carbons (Fsp3) is 0.211. The second kappa shape index (κ2) is 8.62. The van der Waals surface area contributed by atoms with Gasteiger partial charge < -0.3 is 5.32 Å². The Labute approximate surface area is 141 Å². The Balaban J connectivity index is 1.76. The topological polar surface area (TPSA) is 70.6 Å². The van der Waals surface area contributed by atoms with Crippen molar-refractivity contribution in [1.29, 1.82) is 0 Å². The summed E-state index contributed by atoms with van der Waals surface area (Å²) in [6.07, 6.45) is 1.76. The van der Waals surface area contributed by atoms with Crippen LogP contribution in [-0.4, -0.2) is 18.0 Å². The molecule has 124 valence electrons. The van der Waals surface area contributed by atoms with Crippen molar-refractivity contribution in [2.24, 2.45) is 5.10 Å². The molecule has 0 unspecified atom stereocenters. The van der Waals surface area contributed by atoms with Crippen LogP contribution in [0.5, 0.6) is 0 Å². The van der Waals surface area contributed by atoms with Gasteiger partial charge in [-0.2, -0.15) is 5.10 Å². The molecule has 0 radical (unpaired) electrons. The van der Waals surface area contributed by atoms with E-state index >= 15 is 0 Å². The summed E-state index contributed by atoms with van der Waals surface area (Å²) in [6.45, 7) is 3.94. The molecule has 2 amide bonds. The monoisotopic (exact) mass is 323 g/mol. The lowest BCUT2D eigenvalue weighted by Gasteiger charge is -2.10. The van der Waals surface area contributed by atoms with E-state index in [4.69, 9.17) is 0 Å². The molecule has 0 spiro atoms. The average Bonchev–Trinajstić information content (AvgIpc) is 2.58. The molecule has 2 rings (SSSR count). The Morgan fingerprint density at radius 2 is 1.67 bits per heavy atom. The molecular weight excluding hydrogens is 302 g/mol.